The predicted octanol–water partition coefficient (Wildman–Crippen LogP) is 4.51. The van der Waals surface area contributed by atoms with Gasteiger partial charge in [-0.1, -0.05) is 29.8 Å². The molecule has 0 atom stereocenters. The van der Waals surface area contributed by atoms with Crippen molar-refractivity contribution >= 4 is 57.2 Å². The molecule has 0 radical (unpaired) electrons. The second-order valence-corrected chi connectivity index (χ2v) is 7.74. The molecule has 10 nitrogen and oxygen atoms in total. The fourth-order valence-electron chi connectivity index (χ4n) is 3.12. The van der Waals surface area contributed by atoms with Gasteiger partial charge in [-0.15, -0.1) is 10.2 Å². The molecule has 1 heterocycles. The molecule has 0 aliphatic carbocycles. The van der Waals surface area contributed by atoms with Crippen LogP contribution in [-0.2, 0) is 0 Å². The third kappa shape index (κ3) is 4.95. The maximum atomic E-state index is 12.6. The molecule has 0 unspecified atom stereocenters. The van der Waals surface area contributed by atoms with Gasteiger partial charge in [0, 0.05) is 11.6 Å². The van der Waals surface area contributed by atoms with Gasteiger partial charge in [-0.05, 0) is 55.5 Å². The number of nitrogens with zero attached hydrogens (tertiary/aromatic N) is 4. The Hall–Kier alpha value is -4.09. The Labute approximate surface area is 203 Å². The van der Waals surface area contributed by atoms with Crippen molar-refractivity contribution in [1.82, 2.24) is 20.3 Å². The number of nitro groups is 1. The zero-order valence-corrected chi connectivity index (χ0v) is 19.3. The largest absolute Gasteiger partial charge is 0.487 e. The van der Waals surface area contributed by atoms with Crippen molar-refractivity contribution in [3.8, 4) is 11.4 Å². The zero-order chi connectivity index (χ0) is 24.2. The lowest BCUT2D eigenvalue weighted by Gasteiger charge is -2.11. The number of aromatic nitrogens is 3. The molecular formula is C22H17ClN6O4S. The van der Waals surface area contributed by atoms with Gasteiger partial charge in [0.25, 0.3) is 5.91 Å². The minimum atomic E-state index is -0.629. The fraction of sp³-hybridized carbons (Fsp3) is 0.0909. The number of para-hydroxylation sites is 1. The van der Waals surface area contributed by atoms with E-state index in [0.717, 1.165) is 11.8 Å². The first-order valence-electron chi connectivity index (χ1n) is 10.0. The molecule has 0 aliphatic rings. The molecule has 0 fully saturated rings. The van der Waals surface area contributed by atoms with E-state index in [1.165, 1.54) is 16.9 Å². The Morgan fingerprint density at radius 2 is 1.85 bits per heavy atom. The van der Waals surface area contributed by atoms with E-state index in [1.54, 1.807) is 19.1 Å². The van der Waals surface area contributed by atoms with Crippen LogP contribution in [0.1, 0.15) is 17.3 Å². The summed E-state index contributed by atoms with van der Waals surface area (Å²) in [6, 6.07) is 16.6. The summed E-state index contributed by atoms with van der Waals surface area (Å²) in [7, 11) is 0. The van der Waals surface area contributed by atoms with E-state index in [1.807, 2.05) is 30.3 Å². The van der Waals surface area contributed by atoms with Crippen molar-refractivity contribution in [2.75, 3.05) is 11.9 Å². The number of nitro benzene ring substituents is 1. The van der Waals surface area contributed by atoms with Gasteiger partial charge in [0.15, 0.2) is 10.9 Å². The van der Waals surface area contributed by atoms with Crippen LogP contribution >= 0.6 is 23.8 Å². The second kappa shape index (κ2) is 9.81. The van der Waals surface area contributed by atoms with E-state index in [0.29, 0.717) is 21.7 Å². The van der Waals surface area contributed by atoms with Gasteiger partial charge in [-0.25, -0.2) is 0 Å². The normalized spacial score (nSPS) is 10.6. The molecular weight excluding hydrogens is 480 g/mol. The Kier molecular flexibility index (Phi) is 6.66. The quantitative estimate of drug-likeness (QED) is 0.227. The SMILES string of the molecule is CCOc1ccc(C(=O)NC(=S)Nc2cc3nn(-c4ccccc4)nc3cc2Cl)cc1[N+](=O)[O-]. The number of hydrogen-bond donors (Lipinski definition) is 2. The van der Waals surface area contributed by atoms with Gasteiger partial charge in [0.05, 0.1) is 27.9 Å². The number of hydrogen-bond acceptors (Lipinski definition) is 7. The second-order valence-electron chi connectivity index (χ2n) is 6.93. The third-order valence-electron chi connectivity index (χ3n) is 4.65. The highest BCUT2D eigenvalue weighted by Crippen LogP contribution is 2.29. The smallest absolute Gasteiger partial charge is 0.311 e. The van der Waals surface area contributed by atoms with E-state index >= 15 is 0 Å². The molecule has 34 heavy (non-hydrogen) atoms. The summed E-state index contributed by atoms with van der Waals surface area (Å²) in [4.78, 5) is 24.8. The minimum absolute atomic E-state index is 0.0433. The number of thiocarbonyl (C=S) groups is 1. The number of anilines is 1. The van der Waals surface area contributed by atoms with E-state index < -0.39 is 10.8 Å². The van der Waals surface area contributed by atoms with Crippen LogP contribution in [0, 0.1) is 10.1 Å². The fourth-order valence-corrected chi connectivity index (χ4v) is 3.53. The molecule has 0 saturated carbocycles. The molecule has 0 saturated heterocycles. The van der Waals surface area contributed by atoms with Crippen LogP contribution in [0.3, 0.4) is 0 Å². The number of amides is 1. The average Bonchev–Trinajstić information content (AvgIpc) is 3.22. The zero-order valence-electron chi connectivity index (χ0n) is 17.7. The van der Waals surface area contributed by atoms with Crippen molar-refractivity contribution < 1.29 is 14.5 Å². The van der Waals surface area contributed by atoms with Crippen molar-refractivity contribution in [1.29, 1.82) is 0 Å². The number of halogens is 1. The van der Waals surface area contributed by atoms with Crippen LogP contribution in [-0.4, -0.2) is 37.5 Å². The summed E-state index contributed by atoms with van der Waals surface area (Å²) >= 11 is 11.6. The highest BCUT2D eigenvalue weighted by molar-refractivity contribution is 7.80. The average molecular weight is 497 g/mol. The number of benzene rings is 3. The third-order valence-corrected chi connectivity index (χ3v) is 5.17. The number of nitrogens with one attached hydrogen (secondary N) is 2. The molecule has 4 rings (SSSR count). The number of carbonyl (C=O) groups excluding carboxylic acids is 1. The lowest BCUT2D eigenvalue weighted by Crippen LogP contribution is -2.34. The van der Waals surface area contributed by atoms with Crippen LogP contribution in [0.25, 0.3) is 16.7 Å². The van der Waals surface area contributed by atoms with Crippen LogP contribution in [0.15, 0.2) is 60.7 Å². The first kappa shape index (κ1) is 23.1. The Morgan fingerprint density at radius 3 is 2.53 bits per heavy atom. The van der Waals surface area contributed by atoms with Crippen molar-refractivity contribution in [2.45, 2.75) is 6.92 Å². The molecule has 4 aromatic rings. The van der Waals surface area contributed by atoms with Gasteiger partial charge >= 0.3 is 5.69 Å². The van der Waals surface area contributed by atoms with Gasteiger partial charge in [-0.2, -0.15) is 4.80 Å². The number of ether oxygens (including phenoxy) is 1. The minimum Gasteiger partial charge on any atom is -0.487 e. The number of carbonyl (C=O) groups is 1. The highest BCUT2D eigenvalue weighted by atomic mass is 35.5. The lowest BCUT2D eigenvalue weighted by atomic mass is 10.1. The maximum Gasteiger partial charge on any atom is 0.311 e. The van der Waals surface area contributed by atoms with E-state index in [9.17, 15) is 14.9 Å². The molecule has 1 amide bonds. The molecule has 2 N–H and O–H groups in total. The van der Waals surface area contributed by atoms with Crippen molar-refractivity contribution in [3.05, 3.63) is 81.4 Å². The monoisotopic (exact) mass is 496 g/mol. The van der Waals surface area contributed by atoms with Crippen molar-refractivity contribution in [2.24, 2.45) is 0 Å². The van der Waals surface area contributed by atoms with Crippen LogP contribution in [0.5, 0.6) is 5.75 Å². The summed E-state index contributed by atoms with van der Waals surface area (Å²) in [5, 5.41) is 25.8. The van der Waals surface area contributed by atoms with Gasteiger partial charge in [0.2, 0.25) is 0 Å². The molecule has 3 aromatic carbocycles. The van der Waals surface area contributed by atoms with Crippen LogP contribution in [0.4, 0.5) is 11.4 Å². The standard InChI is InChI=1S/C22H17ClN6O4S/c1-2-33-20-9-8-13(10-19(20)29(31)32)21(30)25-22(34)24-16-12-18-17(11-15(16)23)26-28(27-18)14-6-4-3-5-7-14/h3-12H,2H2,1H3,(H2,24,25,30,34). The van der Waals surface area contributed by atoms with E-state index in [2.05, 4.69) is 20.8 Å². The highest BCUT2D eigenvalue weighted by Gasteiger charge is 2.19. The first-order valence-corrected chi connectivity index (χ1v) is 10.8. The van der Waals surface area contributed by atoms with Crippen LogP contribution < -0.4 is 15.4 Å². The molecule has 0 aliphatic heterocycles. The van der Waals surface area contributed by atoms with Crippen molar-refractivity contribution in [3.63, 3.8) is 0 Å². The van der Waals surface area contributed by atoms with E-state index in [4.69, 9.17) is 28.6 Å². The van der Waals surface area contributed by atoms with Gasteiger partial charge in [-0.3, -0.25) is 20.2 Å². The predicted molar refractivity (Wildman–Crippen MR) is 132 cm³/mol. The Morgan fingerprint density at radius 1 is 1.15 bits per heavy atom. The van der Waals surface area contributed by atoms with Gasteiger partial charge in [0.1, 0.15) is 11.0 Å². The number of fused-ring (bicyclic) bond motifs is 1. The summed E-state index contributed by atoms with van der Waals surface area (Å²) in [5.74, 6) is -0.552. The summed E-state index contributed by atoms with van der Waals surface area (Å²) in [6.07, 6.45) is 0. The maximum absolute atomic E-state index is 12.6. The molecule has 0 bridgehead atoms. The topological polar surface area (TPSA) is 124 Å². The lowest BCUT2D eigenvalue weighted by molar-refractivity contribution is -0.385. The number of rotatable bonds is 6. The van der Waals surface area contributed by atoms with E-state index in [-0.39, 0.29) is 28.7 Å². The van der Waals surface area contributed by atoms with Gasteiger partial charge < -0.3 is 10.1 Å². The Bertz CT molecular complexity index is 1410. The molecule has 172 valence electrons. The Balaban J connectivity index is 1.51. The molecule has 12 heteroatoms. The summed E-state index contributed by atoms with van der Waals surface area (Å²) < 4.78 is 5.23. The molecule has 1 aromatic heterocycles. The summed E-state index contributed by atoms with van der Waals surface area (Å²) in [5.41, 5.74) is 2.08. The molecule has 0 spiro atoms. The first-order chi connectivity index (χ1) is 16.4. The summed E-state index contributed by atoms with van der Waals surface area (Å²) in [6.45, 7) is 1.96. The van der Waals surface area contributed by atoms with Crippen LogP contribution in [0.2, 0.25) is 5.02 Å².